The minimum atomic E-state index is -0.188. The third-order valence-electron chi connectivity index (χ3n) is 3.07. The number of nitrogens with two attached hydrogens (primary N) is 1. The molecule has 1 saturated heterocycles. The van der Waals surface area contributed by atoms with Crippen molar-refractivity contribution in [2.45, 2.75) is 6.54 Å². The second-order valence-electron chi connectivity index (χ2n) is 4.54. The zero-order valence-electron chi connectivity index (χ0n) is 9.51. The molecule has 3 nitrogen and oxygen atoms in total. The van der Waals surface area contributed by atoms with Gasteiger partial charge in [0.25, 0.3) is 0 Å². The number of nitrogens with one attached hydrogen (secondary N) is 1. The standard InChI is InChI=1S/C12H16BrFN2O/c13-10-1-2-11(14)9(3-10)4-16-6-12(5-15)7-17-8-12/h1-3,16H,4-8,15H2. The van der Waals surface area contributed by atoms with Crippen LogP contribution in [0.2, 0.25) is 0 Å². The summed E-state index contributed by atoms with van der Waals surface area (Å²) >= 11 is 3.33. The van der Waals surface area contributed by atoms with Crippen LogP contribution < -0.4 is 11.1 Å². The van der Waals surface area contributed by atoms with E-state index < -0.39 is 0 Å². The second-order valence-corrected chi connectivity index (χ2v) is 5.45. The van der Waals surface area contributed by atoms with Gasteiger partial charge in [0.15, 0.2) is 0 Å². The molecule has 0 amide bonds. The molecule has 0 radical (unpaired) electrons. The first-order chi connectivity index (χ1) is 8.15. The van der Waals surface area contributed by atoms with Crippen LogP contribution in [0.15, 0.2) is 22.7 Å². The summed E-state index contributed by atoms with van der Waals surface area (Å²) in [5.41, 5.74) is 6.40. The van der Waals surface area contributed by atoms with E-state index in [2.05, 4.69) is 21.2 Å². The van der Waals surface area contributed by atoms with E-state index >= 15 is 0 Å². The van der Waals surface area contributed by atoms with Gasteiger partial charge < -0.3 is 15.8 Å². The second kappa shape index (κ2) is 5.44. The number of halogens is 2. The smallest absolute Gasteiger partial charge is 0.127 e. The van der Waals surface area contributed by atoms with Gasteiger partial charge in [0.05, 0.1) is 13.2 Å². The van der Waals surface area contributed by atoms with Gasteiger partial charge in [-0.3, -0.25) is 0 Å². The lowest BCUT2D eigenvalue weighted by Crippen LogP contribution is -2.54. The van der Waals surface area contributed by atoms with E-state index in [4.69, 9.17) is 10.5 Å². The fourth-order valence-electron chi connectivity index (χ4n) is 1.82. The van der Waals surface area contributed by atoms with Crippen LogP contribution in [0.25, 0.3) is 0 Å². The Labute approximate surface area is 109 Å². The Morgan fingerprint density at radius 3 is 2.82 bits per heavy atom. The first-order valence-electron chi connectivity index (χ1n) is 5.58. The van der Waals surface area contributed by atoms with Gasteiger partial charge in [0.2, 0.25) is 0 Å². The normalized spacial score (nSPS) is 17.8. The molecule has 5 heteroatoms. The highest BCUT2D eigenvalue weighted by Crippen LogP contribution is 2.25. The number of benzene rings is 1. The van der Waals surface area contributed by atoms with Crippen LogP contribution in [-0.2, 0) is 11.3 Å². The number of hydrogen-bond acceptors (Lipinski definition) is 3. The van der Waals surface area contributed by atoms with E-state index in [1.165, 1.54) is 6.07 Å². The largest absolute Gasteiger partial charge is 0.380 e. The molecule has 0 unspecified atom stereocenters. The van der Waals surface area contributed by atoms with Gasteiger partial charge in [0, 0.05) is 35.1 Å². The predicted octanol–water partition coefficient (Wildman–Crippen LogP) is 1.65. The van der Waals surface area contributed by atoms with Crippen molar-refractivity contribution in [1.29, 1.82) is 0 Å². The Kier molecular flexibility index (Phi) is 4.14. The van der Waals surface area contributed by atoms with Crippen molar-refractivity contribution in [1.82, 2.24) is 5.32 Å². The van der Waals surface area contributed by atoms with E-state index in [9.17, 15) is 4.39 Å². The summed E-state index contributed by atoms with van der Waals surface area (Å²) in [6.07, 6.45) is 0. The maximum Gasteiger partial charge on any atom is 0.127 e. The number of hydrogen-bond donors (Lipinski definition) is 2. The van der Waals surface area contributed by atoms with Crippen molar-refractivity contribution in [3.8, 4) is 0 Å². The van der Waals surface area contributed by atoms with Crippen molar-refractivity contribution in [2.75, 3.05) is 26.3 Å². The van der Waals surface area contributed by atoms with E-state index in [-0.39, 0.29) is 11.2 Å². The van der Waals surface area contributed by atoms with E-state index in [0.29, 0.717) is 31.9 Å². The van der Waals surface area contributed by atoms with Gasteiger partial charge in [-0.2, -0.15) is 0 Å². The van der Waals surface area contributed by atoms with Crippen molar-refractivity contribution in [2.24, 2.45) is 11.1 Å². The minimum Gasteiger partial charge on any atom is -0.380 e. The Hall–Kier alpha value is -0.490. The van der Waals surface area contributed by atoms with Gasteiger partial charge in [0.1, 0.15) is 5.82 Å². The van der Waals surface area contributed by atoms with Crippen LogP contribution in [0.3, 0.4) is 0 Å². The lowest BCUT2D eigenvalue weighted by Gasteiger charge is -2.40. The molecule has 17 heavy (non-hydrogen) atoms. The highest BCUT2D eigenvalue weighted by Gasteiger charge is 2.36. The predicted molar refractivity (Wildman–Crippen MR) is 68.1 cm³/mol. The third kappa shape index (κ3) is 3.04. The Morgan fingerprint density at radius 2 is 2.24 bits per heavy atom. The maximum absolute atomic E-state index is 13.5. The molecule has 1 fully saturated rings. The quantitative estimate of drug-likeness (QED) is 0.869. The molecule has 0 aliphatic carbocycles. The lowest BCUT2D eigenvalue weighted by molar-refractivity contribution is -0.105. The lowest BCUT2D eigenvalue weighted by atomic mass is 9.86. The molecular formula is C12H16BrFN2O. The molecule has 94 valence electrons. The van der Waals surface area contributed by atoms with Gasteiger partial charge >= 0.3 is 0 Å². The van der Waals surface area contributed by atoms with Crippen molar-refractivity contribution >= 4 is 15.9 Å². The Morgan fingerprint density at radius 1 is 1.47 bits per heavy atom. The summed E-state index contributed by atoms with van der Waals surface area (Å²) in [6.45, 7) is 3.25. The average Bonchev–Trinajstić information content (AvgIpc) is 2.27. The van der Waals surface area contributed by atoms with E-state index in [1.807, 2.05) is 0 Å². The summed E-state index contributed by atoms with van der Waals surface area (Å²) < 4.78 is 19.5. The third-order valence-corrected chi connectivity index (χ3v) is 3.57. The van der Waals surface area contributed by atoms with Crippen LogP contribution in [0.4, 0.5) is 4.39 Å². The van der Waals surface area contributed by atoms with Gasteiger partial charge in [-0.1, -0.05) is 15.9 Å². The molecule has 1 aromatic rings. The van der Waals surface area contributed by atoms with Crippen molar-refractivity contribution < 1.29 is 9.13 Å². The van der Waals surface area contributed by atoms with Crippen LogP contribution in [0, 0.1) is 11.2 Å². The molecule has 3 N–H and O–H groups in total. The summed E-state index contributed by atoms with van der Waals surface area (Å²) in [5, 5.41) is 3.24. The maximum atomic E-state index is 13.5. The van der Waals surface area contributed by atoms with Gasteiger partial charge in [-0.25, -0.2) is 4.39 Å². The van der Waals surface area contributed by atoms with Crippen LogP contribution in [0.5, 0.6) is 0 Å². The first-order valence-corrected chi connectivity index (χ1v) is 6.37. The van der Waals surface area contributed by atoms with Crippen LogP contribution in [-0.4, -0.2) is 26.3 Å². The summed E-state index contributed by atoms with van der Waals surface area (Å²) in [4.78, 5) is 0. The summed E-state index contributed by atoms with van der Waals surface area (Å²) in [7, 11) is 0. The molecule has 0 spiro atoms. The van der Waals surface area contributed by atoms with Gasteiger partial charge in [-0.15, -0.1) is 0 Å². The molecule has 0 aromatic heterocycles. The molecule has 0 saturated carbocycles. The highest BCUT2D eigenvalue weighted by atomic mass is 79.9. The highest BCUT2D eigenvalue weighted by molar-refractivity contribution is 9.10. The Balaban J connectivity index is 1.87. The average molecular weight is 303 g/mol. The summed E-state index contributed by atoms with van der Waals surface area (Å²) in [6, 6.07) is 4.95. The molecule has 0 bridgehead atoms. The number of ether oxygens (including phenoxy) is 1. The fourth-order valence-corrected chi connectivity index (χ4v) is 2.23. The van der Waals surface area contributed by atoms with Gasteiger partial charge in [-0.05, 0) is 18.2 Å². The summed E-state index contributed by atoms with van der Waals surface area (Å²) in [5.74, 6) is -0.188. The molecular weight excluding hydrogens is 287 g/mol. The Bertz CT molecular complexity index is 391. The molecule has 0 atom stereocenters. The zero-order chi connectivity index (χ0) is 12.3. The topological polar surface area (TPSA) is 47.3 Å². The zero-order valence-corrected chi connectivity index (χ0v) is 11.1. The molecule has 1 heterocycles. The monoisotopic (exact) mass is 302 g/mol. The molecule has 1 aliphatic rings. The SMILES string of the molecule is NCC1(CNCc2cc(Br)ccc2F)COC1. The molecule has 2 rings (SSSR count). The minimum absolute atomic E-state index is 0.0441. The van der Waals surface area contributed by atoms with Crippen molar-refractivity contribution in [3.63, 3.8) is 0 Å². The van der Waals surface area contributed by atoms with Crippen LogP contribution in [0.1, 0.15) is 5.56 Å². The molecule has 1 aromatic carbocycles. The number of rotatable bonds is 5. The first kappa shape index (κ1) is 13.0. The van der Waals surface area contributed by atoms with Crippen molar-refractivity contribution in [3.05, 3.63) is 34.1 Å². The van der Waals surface area contributed by atoms with E-state index in [1.54, 1.807) is 12.1 Å². The molecule has 1 aliphatic heterocycles. The fraction of sp³-hybridized carbons (Fsp3) is 0.500. The van der Waals surface area contributed by atoms with Crippen LogP contribution >= 0.6 is 15.9 Å². The van der Waals surface area contributed by atoms with E-state index in [0.717, 1.165) is 11.0 Å².